The maximum absolute atomic E-state index is 12.4. The summed E-state index contributed by atoms with van der Waals surface area (Å²) in [6.45, 7) is 8.03. The summed E-state index contributed by atoms with van der Waals surface area (Å²) in [7, 11) is -3.67. The Kier molecular flexibility index (Phi) is 7.89. The average Bonchev–Trinajstić information content (AvgIpc) is 2.44. The van der Waals surface area contributed by atoms with Crippen LogP contribution in [0.15, 0.2) is 27.6 Å². The fourth-order valence-corrected chi connectivity index (χ4v) is 4.03. The van der Waals surface area contributed by atoms with Gasteiger partial charge in [-0.15, -0.1) is 0 Å². The second-order valence-corrected chi connectivity index (χ2v) is 9.35. The van der Waals surface area contributed by atoms with E-state index in [9.17, 15) is 13.2 Å². The fourth-order valence-electron chi connectivity index (χ4n) is 2.16. The van der Waals surface area contributed by atoms with Gasteiger partial charge in [-0.05, 0) is 61.3 Å². The highest BCUT2D eigenvalue weighted by Gasteiger charge is 2.23. The molecule has 0 saturated carbocycles. The first-order chi connectivity index (χ1) is 11.1. The van der Waals surface area contributed by atoms with Crippen molar-refractivity contribution in [3.8, 4) is 0 Å². The summed E-state index contributed by atoms with van der Waals surface area (Å²) >= 11 is 3.32. The van der Waals surface area contributed by atoms with E-state index in [-0.39, 0.29) is 10.8 Å². The lowest BCUT2D eigenvalue weighted by Gasteiger charge is -2.20. The van der Waals surface area contributed by atoms with E-state index in [1.165, 1.54) is 12.1 Å². The molecule has 0 radical (unpaired) electrons. The van der Waals surface area contributed by atoms with Crippen LogP contribution in [0.4, 0.5) is 0 Å². The van der Waals surface area contributed by atoms with Crippen molar-refractivity contribution >= 4 is 31.9 Å². The van der Waals surface area contributed by atoms with Crippen molar-refractivity contribution in [2.24, 2.45) is 0 Å². The first-order valence-electron chi connectivity index (χ1n) is 8.18. The maximum Gasteiger partial charge on any atom is 0.252 e. The van der Waals surface area contributed by atoms with E-state index < -0.39 is 15.6 Å². The second kappa shape index (κ2) is 8.97. The highest BCUT2D eigenvalue weighted by atomic mass is 79.9. The van der Waals surface area contributed by atoms with Gasteiger partial charge in [0.25, 0.3) is 5.91 Å². The molecule has 7 heteroatoms. The number of nitrogens with one attached hydrogen (secondary N) is 2. The van der Waals surface area contributed by atoms with Crippen LogP contribution in [0.2, 0.25) is 0 Å². The van der Waals surface area contributed by atoms with Gasteiger partial charge in [-0.25, -0.2) is 13.1 Å². The largest absolute Gasteiger partial charge is 0.352 e. The molecule has 0 saturated heterocycles. The molecule has 0 aromatic heterocycles. The molecule has 0 unspecified atom stereocenters. The Labute approximate surface area is 153 Å². The molecule has 0 aliphatic carbocycles. The zero-order chi connectivity index (χ0) is 18.4. The fraction of sp³-hybridized carbons (Fsp3) is 0.588. The number of hydrogen-bond acceptors (Lipinski definition) is 3. The van der Waals surface area contributed by atoms with E-state index in [0.717, 1.165) is 25.7 Å². The summed E-state index contributed by atoms with van der Waals surface area (Å²) in [6.07, 6.45) is 4.27. The van der Waals surface area contributed by atoms with Crippen molar-refractivity contribution < 1.29 is 13.2 Å². The highest BCUT2D eigenvalue weighted by Crippen LogP contribution is 2.22. The molecule has 0 fully saturated rings. The smallest absolute Gasteiger partial charge is 0.252 e. The molecule has 1 aromatic rings. The minimum absolute atomic E-state index is 0.0803. The number of sulfonamides is 1. The molecule has 0 aliphatic heterocycles. The van der Waals surface area contributed by atoms with E-state index in [1.807, 2.05) is 0 Å². The Morgan fingerprint density at radius 2 is 1.83 bits per heavy atom. The van der Waals surface area contributed by atoms with Crippen molar-refractivity contribution in [2.45, 2.75) is 63.8 Å². The van der Waals surface area contributed by atoms with Gasteiger partial charge in [0.05, 0.1) is 10.5 Å². The van der Waals surface area contributed by atoms with Crippen LogP contribution < -0.4 is 10.0 Å². The number of amides is 1. The summed E-state index contributed by atoms with van der Waals surface area (Å²) in [4.78, 5) is 12.4. The maximum atomic E-state index is 12.4. The van der Waals surface area contributed by atoms with E-state index in [4.69, 9.17) is 0 Å². The van der Waals surface area contributed by atoms with Crippen LogP contribution in [-0.2, 0) is 10.0 Å². The number of benzene rings is 1. The Morgan fingerprint density at radius 1 is 1.17 bits per heavy atom. The summed E-state index contributed by atoms with van der Waals surface area (Å²) in [6, 6.07) is 4.47. The second-order valence-electron chi connectivity index (χ2n) is 6.81. The summed E-state index contributed by atoms with van der Waals surface area (Å²) in [5.74, 6) is -0.272. The van der Waals surface area contributed by atoms with E-state index in [1.54, 1.807) is 26.8 Å². The van der Waals surface area contributed by atoms with Crippen molar-refractivity contribution in [1.29, 1.82) is 0 Å². The molecule has 5 nitrogen and oxygen atoms in total. The van der Waals surface area contributed by atoms with Gasteiger partial charge < -0.3 is 5.32 Å². The molecule has 2 N–H and O–H groups in total. The molecule has 0 aliphatic rings. The highest BCUT2D eigenvalue weighted by molar-refractivity contribution is 9.10. The summed E-state index contributed by atoms with van der Waals surface area (Å²) in [5.41, 5.74) is -0.268. The number of halogens is 1. The minimum Gasteiger partial charge on any atom is -0.352 e. The molecule has 136 valence electrons. The van der Waals surface area contributed by atoms with Crippen molar-refractivity contribution in [2.75, 3.05) is 6.54 Å². The van der Waals surface area contributed by atoms with Gasteiger partial charge in [0.2, 0.25) is 10.0 Å². The van der Waals surface area contributed by atoms with E-state index in [2.05, 4.69) is 32.9 Å². The van der Waals surface area contributed by atoms with Crippen LogP contribution in [0.1, 0.15) is 63.7 Å². The number of carbonyl (C=O) groups is 1. The molecular weight excluding hydrogens is 392 g/mol. The van der Waals surface area contributed by atoms with E-state index in [0.29, 0.717) is 16.6 Å². The quantitative estimate of drug-likeness (QED) is 0.629. The Balaban J connectivity index is 2.88. The first-order valence-corrected chi connectivity index (χ1v) is 10.5. The normalized spacial score (nSPS) is 12.2. The molecule has 0 heterocycles. The lowest BCUT2D eigenvalue weighted by molar-refractivity contribution is 0.0952. The van der Waals surface area contributed by atoms with Crippen LogP contribution in [-0.4, -0.2) is 26.4 Å². The summed E-state index contributed by atoms with van der Waals surface area (Å²) in [5, 5.41) is 2.84. The van der Waals surface area contributed by atoms with Crippen LogP contribution in [0.25, 0.3) is 0 Å². The zero-order valence-corrected chi connectivity index (χ0v) is 17.2. The number of rotatable bonds is 8. The van der Waals surface area contributed by atoms with Gasteiger partial charge in [0.15, 0.2) is 0 Å². The van der Waals surface area contributed by atoms with Crippen LogP contribution >= 0.6 is 15.9 Å². The van der Waals surface area contributed by atoms with Crippen molar-refractivity contribution in [1.82, 2.24) is 10.0 Å². The van der Waals surface area contributed by atoms with Crippen molar-refractivity contribution in [3.05, 3.63) is 28.2 Å². The molecule has 1 rings (SSSR count). The van der Waals surface area contributed by atoms with Crippen LogP contribution in [0, 0.1) is 0 Å². The molecule has 0 bridgehead atoms. The minimum atomic E-state index is -3.67. The number of carbonyl (C=O) groups excluding carboxylic acids is 1. The van der Waals surface area contributed by atoms with Gasteiger partial charge in [-0.1, -0.05) is 26.2 Å². The molecule has 24 heavy (non-hydrogen) atoms. The van der Waals surface area contributed by atoms with Gasteiger partial charge in [0.1, 0.15) is 0 Å². The molecule has 0 spiro atoms. The zero-order valence-electron chi connectivity index (χ0n) is 14.8. The molecule has 0 atom stereocenters. The average molecular weight is 419 g/mol. The van der Waals surface area contributed by atoms with Gasteiger partial charge in [0, 0.05) is 16.6 Å². The topological polar surface area (TPSA) is 75.3 Å². The lowest BCUT2D eigenvalue weighted by Crippen LogP contribution is -2.40. The lowest BCUT2D eigenvalue weighted by atomic mass is 10.1. The van der Waals surface area contributed by atoms with Crippen LogP contribution in [0.5, 0.6) is 0 Å². The first kappa shape index (κ1) is 21.1. The Bertz CT molecular complexity index is 667. The molecule has 1 amide bonds. The third-order valence-electron chi connectivity index (χ3n) is 3.25. The Hall–Kier alpha value is -0.920. The predicted molar refractivity (Wildman–Crippen MR) is 101 cm³/mol. The summed E-state index contributed by atoms with van der Waals surface area (Å²) < 4.78 is 28.0. The number of unbranched alkanes of at least 4 members (excludes halogenated alkanes) is 3. The molecular formula is C17H27BrN2O3S. The third kappa shape index (κ3) is 6.91. The monoisotopic (exact) mass is 418 g/mol. The van der Waals surface area contributed by atoms with Crippen molar-refractivity contribution in [3.63, 3.8) is 0 Å². The van der Waals surface area contributed by atoms with Gasteiger partial charge in [-0.3, -0.25) is 4.79 Å². The third-order valence-corrected chi connectivity index (χ3v) is 5.70. The van der Waals surface area contributed by atoms with E-state index >= 15 is 0 Å². The SMILES string of the molecule is CCCCCCNC(=O)c1cc(S(=O)(=O)NC(C)(C)C)ccc1Br. The van der Waals surface area contributed by atoms with Gasteiger partial charge in [-0.2, -0.15) is 0 Å². The standard InChI is InChI=1S/C17H27BrN2O3S/c1-5-6-7-8-11-19-16(21)14-12-13(9-10-15(14)18)24(22,23)20-17(2,3)4/h9-10,12,20H,5-8,11H2,1-4H3,(H,19,21). The number of hydrogen-bond donors (Lipinski definition) is 2. The van der Waals surface area contributed by atoms with Crippen LogP contribution in [0.3, 0.4) is 0 Å². The Morgan fingerprint density at radius 3 is 2.42 bits per heavy atom. The van der Waals surface area contributed by atoms with Gasteiger partial charge >= 0.3 is 0 Å². The molecule has 1 aromatic carbocycles. The predicted octanol–water partition coefficient (Wildman–Crippen LogP) is 3.84.